The first-order valence-corrected chi connectivity index (χ1v) is 8.58. The molecule has 0 aromatic heterocycles. The standard InChI is InChI=1S/C16H14BrFN2S/c1-9-11(8-19)15(10-4-5-13(18)12(17)7-10)16-14(20-9)3-2-6-21-16/h4-5,7,15,20H,2-3,6H2,1H3. The Hall–Kier alpha value is -1.25. The number of hydrogen-bond donors (Lipinski definition) is 1. The van der Waals surface area contributed by atoms with Crippen LogP contribution in [0.15, 0.2) is 44.5 Å². The van der Waals surface area contributed by atoms with Gasteiger partial charge in [-0.15, -0.1) is 11.8 Å². The monoisotopic (exact) mass is 364 g/mol. The summed E-state index contributed by atoms with van der Waals surface area (Å²) in [6, 6.07) is 7.35. The van der Waals surface area contributed by atoms with Crippen molar-refractivity contribution in [2.45, 2.75) is 25.7 Å². The van der Waals surface area contributed by atoms with Crippen molar-refractivity contribution in [3.05, 3.63) is 55.9 Å². The summed E-state index contributed by atoms with van der Waals surface area (Å²) in [6.07, 6.45) is 2.16. The van der Waals surface area contributed by atoms with E-state index in [1.165, 1.54) is 16.7 Å². The molecule has 2 aliphatic heterocycles. The van der Waals surface area contributed by atoms with Gasteiger partial charge in [0.2, 0.25) is 0 Å². The number of allylic oxidation sites excluding steroid dienone is 4. The summed E-state index contributed by atoms with van der Waals surface area (Å²) in [5.74, 6) is 0.711. The van der Waals surface area contributed by atoms with Crippen molar-refractivity contribution in [1.29, 1.82) is 5.26 Å². The first-order chi connectivity index (χ1) is 10.1. The second-order valence-electron chi connectivity index (χ2n) is 5.18. The summed E-state index contributed by atoms with van der Waals surface area (Å²) >= 11 is 5.05. The number of benzene rings is 1. The molecule has 108 valence electrons. The Morgan fingerprint density at radius 3 is 3.00 bits per heavy atom. The van der Waals surface area contributed by atoms with Gasteiger partial charge < -0.3 is 5.32 Å². The fourth-order valence-electron chi connectivity index (χ4n) is 2.82. The SMILES string of the molecule is CC1=C(C#N)C(c2ccc(F)c(Br)c2)C2=C(CCCS2)N1. The largest absolute Gasteiger partial charge is 0.361 e. The lowest BCUT2D eigenvalue weighted by Gasteiger charge is -2.33. The van der Waals surface area contributed by atoms with Crippen LogP contribution in [-0.4, -0.2) is 5.75 Å². The van der Waals surface area contributed by atoms with Gasteiger partial charge in [0, 0.05) is 16.3 Å². The second-order valence-corrected chi connectivity index (χ2v) is 7.17. The summed E-state index contributed by atoms with van der Waals surface area (Å²) in [7, 11) is 0. The number of hydrogen-bond acceptors (Lipinski definition) is 3. The Labute approximate surface area is 136 Å². The van der Waals surface area contributed by atoms with E-state index in [0.717, 1.165) is 35.4 Å². The summed E-state index contributed by atoms with van der Waals surface area (Å²) in [6.45, 7) is 1.94. The molecule has 0 radical (unpaired) electrons. The van der Waals surface area contributed by atoms with Crippen LogP contribution in [0.2, 0.25) is 0 Å². The molecular formula is C16H14BrFN2S. The molecule has 5 heteroatoms. The van der Waals surface area contributed by atoms with E-state index < -0.39 is 0 Å². The van der Waals surface area contributed by atoms with Crippen molar-refractivity contribution in [2.75, 3.05) is 5.75 Å². The summed E-state index contributed by atoms with van der Waals surface area (Å²) in [5, 5.41) is 12.9. The topological polar surface area (TPSA) is 35.8 Å². The minimum absolute atomic E-state index is 0.0755. The molecule has 2 aliphatic rings. The number of rotatable bonds is 1. The van der Waals surface area contributed by atoms with Gasteiger partial charge in [0.15, 0.2) is 0 Å². The van der Waals surface area contributed by atoms with E-state index in [-0.39, 0.29) is 11.7 Å². The van der Waals surface area contributed by atoms with Crippen molar-refractivity contribution < 1.29 is 4.39 Å². The Bertz CT molecular complexity index is 703. The highest BCUT2D eigenvalue weighted by atomic mass is 79.9. The predicted octanol–water partition coefficient (Wildman–Crippen LogP) is 4.81. The summed E-state index contributed by atoms with van der Waals surface area (Å²) in [4.78, 5) is 1.21. The van der Waals surface area contributed by atoms with E-state index in [2.05, 4.69) is 27.3 Å². The molecule has 2 heterocycles. The molecular weight excluding hydrogens is 351 g/mol. The molecule has 1 aromatic carbocycles. The van der Waals surface area contributed by atoms with Crippen LogP contribution in [0.4, 0.5) is 4.39 Å². The number of nitrogens with zero attached hydrogens (tertiary/aromatic N) is 1. The average molecular weight is 365 g/mol. The van der Waals surface area contributed by atoms with Crippen molar-refractivity contribution >= 4 is 27.7 Å². The third-order valence-corrected chi connectivity index (χ3v) is 5.71. The maximum absolute atomic E-state index is 13.5. The molecule has 1 N–H and O–H groups in total. The number of dihydropyridines is 1. The molecule has 0 amide bonds. The highest BCUT2D eigenvalue weighted by Crippen LogP contribution is 2.46. The lowest BCUT2D eigenvalue weighted by atomic mass is 9.86. The van der Waals surface area contributed by atoms with Gasteiger partial charge in [-0.1, -0.05) is 6.07 Å². The molecule has 1 atom stereocenters. The lowest BCUT2D eigenvalue weighted by molar-refractivity contribution is 0.619. The zero-order valence-corrected chi connectivity index (χ0v) is 13.9. The number of halogens is 2. The molecule has 0 aliphatic carbocycles. The first-order valence-electron chi connectivity index (χ1n) is 6.80. The lowest BCUT2D eigenvalue weighted by Crippen LogP contribution is -2.26. The summed E-state index contributed by atoms with van der Waals surface area (Å²) in [5.41, 5.74) is 3.81. The zero-order chi connectivity index (χ0) is 15.0. The van der Waals surface area contributed by atoms with E-state index in [1.807, 2.05) is 6.92 Å². The number of nitriles is 1. The van der Waals surface area contributed by atoms with Crippen LogP contribution >= 0.6 is 27.7 Å². The molecule has 21 heavy (non-hydrogen) atoms. The fraction of sp³-hybridized carbons (Fsp3) is 0.312. The first kappa shape index (κ1) is 14.7. The van der Waals surface area contributed by atoms with Crippen molar-refractivity contribution in [3.63, 3.8) is 0 Å². The number of nitrogens with one attached hydrogen (secondary N) is 1. The molecule has 1 aromatic rings. The minimum atomic E-state index is -0.280. The van der Waals surface area contributed by atoms with Gasteiger partial charge in [0.05, 0.1) is 22.0 Å². The van der Waals surface area contributed by atoms with Crippen LogP contribution in [-0.2, 0) is 0 Å². The fourth-order valence-corrected chi connectivity index (χ4v) is 4.48. The van der Waals surface area contributed by atoms with Crippen LogP contribution in [0.1, 0.15) is 31.2 Å². The highest BCUT2D eigenvalue weighted by molar-refractivity contribution is 9.10. The number of thioether (sulfide) groups is 1. The van der Waals surface area contributed by atoms with Gasteiger partial charge in [-0.25, -0.2) is 4.39 Å². The third kappa shape index (κ3) is 2.63. The van der Waals surface area contributed by atoms with Crippen LogP contribution in [0, 0.1) is 17.1 Å². The molecule has 2 nitrogen and oxygen atoms in total. The Kier molecular flexibility index (Phi) is 4.10. The Morgan fingerprint density at radius 1 is 1.48 bits per heavy atom. The van der Waals surface area contributed by atoms with E-state index in [0.29, 0.717) is 4.47 Å². The van der Waals surface area contributed by atoms with Crippen molar-refractivity contribution in [1.82, 2.24) is 5.32 Å². The predicted molar refractivity (Wildman–Crippen MR) is 87.0 cm³/mol. The van der Waals surface area contributed by atoms with Crippen LogP contribution in [0.25, 0.3) is 0 Å². The van der Waals surface area contributed by atoms with E-state index >= 15 is 0 Å². The molecule has 3 rings (SSSR count). The van der Waals surface area contributed by atoms with Crippen molar-refractivity contribution in [2.24, 2.45) is 0 Å². The highest BCUT2D eigenvalue weighted by Gasteiger charge is 2.32. The van der Waals surface area contributed by atoms with E-state index in [1.54, 1.807) is 23.9 Å². The quantitative estimate of drug-likeness (QED) is 0.776. The molecule has 0 bridgehead atoms. The van der Waals surface area contributed by atoms with Gasteiger partial charge in [0.1, 0.15) is 5.82 Å². The van der Waals surface area contributed by atoms with E-state index in [4.69, 9.17) is 0 Å². The maximum Gasteiger partial charge on any atom is 0.137 e. The van der Waals surface area contributed by atoms with Crippen molar-refractivity contribution in [3.8, 4) is 6.07 Å². The molecule has 0 saturated heterocycles. The molecule has 0 spiro atoms. The Balaban J connectivity index is 2.14. The zero-order valence-electron chi connectivity index (χ0n) is 11.5. The molecule has 0 saturated carbocycles. The van der Waals surface area contributed by atoms with Gasteiger partial charge in [0.25, 0.3) is 0 Å². The van der Waals surface area contributed by atoms with Gasteiger partial charge in [-0.2, -0.15) is 5.26 Å². The van der Waals surface area contributed by atoms with Crippen LogP contribution in [0.3, 0.4) is 0 Å². The van der Waals surface area contributed by atoms with Crippen LogP contribution < -0.4 is 5.32 Å². The van der Waals surface area contributed by atoms with Crippen LogP contribution in [0.5, 0.6) is 0 Å². The van der Waals surface area contributed by atoms with Gasteiger partial charge >= 0.3 is 0 Å². The molecule has 1 unspecified atom stereocenters. The normalized spacial score (nSPS) is 21.7. The minimum Gasteiger partial charge on any atom is -0.361 e. The summed E-state index contributed by atoms with van der Waals surface area (Å²) < 4.78 is 13.9. The van der Waals surface area contributed by atoms with Gasteiger partial charge in [-0.05, 0) is 59.1 Å². The van der Waals surface area contributed by atoms with Gasteiger partial charge in [-0.3, -0.25) is 0 Å². The average Bonchev–Trinajstić information content (AvgIpc) is 2.48. The van der Waals surface area contributed by atoms with E-state index in [9.17, 15) is 9.65 Å². The maximum atomic E-state index is 13.5. The third-order valence-electron chi connectivity index (χ3n) is 3.82. The second kappa shape index (κ2) is 5.86. The Morgan fingerprint density at radius 2 is 2.29 bits per heavy atom. The smallest absolute Gasteiger partial charge is 0.137 e. The molecule has 0 fully saturated rings.